The Balaban J connectivity index is 1.42. The second-order valence-electron chi connectivity index (χ2n) is 5.33. The van der Waals surface area contributed by atoms with Gasteiger partial charge in [-0.2, -0.15) is 0 Å². The molecule has 0 saturated carbocycles. The number of aromatic nitrogens is 1. The van der Waals surface area contributed by atoms with E-state index in [9.17, 15) is 9.18 Å². The van der Waals surface area contributed by atoms with Gasteiger partial charge < -0.3 is 14.8 Å². The van der Waals surface area contributed by atoms with E-state index in [1.165, 1.54) is 17.4 Å². The molecule has 0 unspecified atom stereocenters. The van der Waals surface area contributed by atoms with E-state index in [1.807, 2.05) is 5.38 Å². The summed E-state index contributed by atoms with van der Waals surface area (Å²) in [7, 11) is 0. The number of para-hydroxylation sites is 1. The number of rotatable bonds is 8. The lowest BCUT2D eigenvalue weighted by molar-refractivity contribution is 0.0946. The first-order chi connectivity index (χ1) is 12.7. The third-order valence-electron chi connectivity index (χ3n) is 3.47. The molecule has 7 heteroatoms. The smallest absolute Gasteiger partial charge is 0.251 e. The highest BCUT2D eigenvalue weighted by atomic mass is 32.1. The Morgan fingerprint density at radius 1 is 1.12 bits per heavy atom. The van der Waals surface area contributed by atoms with Crippen LogP contribution in [0.3, 0.4) is 0 Å². The van der Waals surface area contributed by atoms with Crippen molar-refractivity contribution in [2.45, 2.75) is 6.61 Å². The zero-order valence-electron chi connectivity index (χ0n) is 13.9. The Morgan fingerprint density at radius 2 is 1.92 bits per heavy atom. The number of carbonyl (C=O) groups is 1. The van der Waals surface area contributed by atoms with E-state index in [1.54, 1.807) is 48.0 Å². The van der Waals surface area contributed by atoms with E-state index >= 15 is 0 Å². The zero-order valence-corrected chi connectivity index (χ0v) is 14.7. The van der Waals surface area contributed by atoms with Crippen molar-refractivity contribution in [1.82, 2.24) is 10.3 Å². The maximum absolute atomic E-state index is 13.4. The van der Waals surface area contributed by atoms with Crippen LogP contribution < -0.4 is 14.8 Å². The minimum atomic E-state index is -0.424. The van der Waals surface area contributed by atoms with Crippen molar-refractivity contribution in [3.63, 3.8) is 0 Å². The molecule has 0 atom stereocenters. The maximum atomic E-state index is 13.4. The number of carbonyl (C=O) groups excluding carboxylic acids is 1. The van der Waals surface area contributed by atoms with Gasteiger partial charge in [0.05, 0.1) is 17.7 Å². The molecule has 0 spiro atoms. The number of ether oxygens (including phenoxy) is 2. The van der Waals surface area contributed by atoms with Gasteiger partial charge in [0.15, 0.2) is 11.6 Å². The molecule has 134 valence electrons. The van der Waals surface area contributed by atoms with Crippen molar-refractivity contribution in [3.8, 4) is 11.5 Å². The van der Waals surface area contributed by atoms with E-state index in [0.717, 1.165) is 5.69 Å². The van der Waals surface area contributed by atoms with Crippen LogP contribution in [-0.4, -0.2) is 24.0 Å². The lowest BCUT2D eigenvalue weighted by Gasteiger charge is -2.09. The van der Waals surface area contributed by atoms with E-state index in [-0.39, 0.29) is 24.8 Å². The lowest BCUT2D eigenvalue weighted by atomic mass is 10.2. The first-order valence-electron chi connectivity index (χ1n) is 7.98. The van der Waals surface area contributed by atoms with Gasteiger partial charge in [0.1, 0.15) is 19.0 Å². The summed E-state index contributed by atoms with van der Waals surface area (Å²) in [6.07, 6.45) is 0. The van der Waals surface area contributed by atoms with Gasteiger partial charge in [0.2, 0.25) is 0 Å². The maximum Gasteiger partial charge on any atom is 0.251 e. The summed E-state index contributed by atoms with van der Waals surface area (Å²) in [6, 6.07) is 13.0. The predicted octanol–water partition coefficient (Wildman–Crippen LogP) is 3.67. The average molecular weight is 372 g/mol. The fourth-order valence-electron chi connectivity index (χ4n) is 2.16. The number of nitrogens with zero attached hydrogens (tertiary/aromatic N) is 1. The van der Waals surface area contributed by atoms with Crippen LogP contribution in [-0.2, 0) is 6.61 Å². The van der Waals surface area contributed by atoms with Gasteiger partial charge in [-0.25, -0.2) is 9.37 Å². The predicted molar refractivity (Wildman–Crippen MR) is 97.1 cm³/mol. The second kappa shape index (κ2) is 8.96. The summed E-state index contributed by atoms with van der Waals surface area (Å²) >= 11 is 1.51. The Kier molecular flexibility index (Phi) is 6.16. The van der Waals surface area contributed by atoms with Crippen LogP contribution in [0.25, 0.3) is 0 Å². The van der Waals surface area contributed by atoms with Crippen LogP contribution >= 0.6 is 11.3 Å². The van der Waals surface area contributed by atoms with Gasteiger partial charge in [-0.05, 0) is 36.4 Å². The molecule has 0 bridgehead atoms. The highest BCUT2D eigenvalue weighted by Crippen LogP contribution is 2.15. The third kappa shape index (κ3) is 5.03. The quantitative estimate of drug-likeness (QED) is 0.613. The number of nitrogens with one attached hydrogen (secondary N) is 1. The molecule has 0 saturated heterocycles. The molecular weight excluding hydrogens is 355 g/mol. The molecular formula is C19H17FN2O3S. The summed E-state index contributed by atoms with van der Waals surface area (Å²) in [4.78, 5) is 16.2. The number of halogens is 1. The van der Waals surface area contributed by atoms with Crippen LogP contribution in [0.15, 0.2) is 59.4 Å². The van der Waals surface area contributed by atoms with Crippen LogP contribution in [0.4, 0.5) is 4.39 Å². The molecule has 0 aliphatic rings. The van der Waals surface area contributed by atoms with Gasteiger partial charge in [-0.15, -0.1) is 11.3 Å². The highest BCUT2D eigenvalue weighted by molar-refractivity contribution is 7.07. The normalized spacial score (nSPS) is 10.3. The van der Waals surface area contributed by atoms with E-state index in [2.05, 4.69) is 10.3 Å². The molecule has 1 heterocycles. The Morgan fingerprint density at radius 3 is 2.65 bits per heavy atom. The molecule has 1 N–H and O–H groups in total. The Labute approximate surface area is 154 Å². The summed E-state index contributed by atoms with van der Waals surface area (Å²) in [5.41, 5.74) is 3.13. The van der Waals surface area contributed by atoms with Crippen LogP contribution in [0.1, 0.15) is 16.1 Å². The largest absolute Gasteiger partial charge is 0.489 e. The number of hydrogen-bond donors (Lipinski definition) is 1. The topological polar surface area (TPSA) is 60.5 Å². The number of hydrogen-bond acceptors (Lipinski definition) is 5. The molecule has 0 aliphatic carbocycles. The van der Waals surface area contributed by atoms with Crippen molar-refractivity contribution < 1.29 is 18.7 Å². The molecule has 26 heavy (non-hydrogen) atoms. The minimum absolute atomic E-state index is 0.170. The molecule has 0 radical (unpaired) electrons. The summed E-state index contributed by atoms with van der Waals surface area (Å²) < 4.78 is 24.3. The van der Waals surface area contributed by atoms with Crippen molar-refractivity contribution in [3.05, 3.63) is 76.5 Å². The highest BCUT2D eigenvalue weighted by Gasteiger charge is 2.06. The summed E-state index contributed by atoms with van der Waals surface area (Å²) in [6.45, 7) is 0.846. The average Bonchev–Trinajstić information content (AvgIpc) is 3.19. The number of amides is 1. The fourth-order valence-corrected chi connectivity index (χ4v) is 2.70. The second-order valence-corrected chi connectivity index (χ2v) is 6.05. The lowest BCUT2D eigenvalue weighted by Crippen LogP contribution is -2.28. The first-order valence-corrected chi connectivity index (χ1v) is 8.92. The Bertz CT molecular complexity index is 838. The van der Waals surface area contributed by atoms with Crippen molar-refractivity contribution in [2.75, 3.05) is 13.2 Å². The molecule has 0 aliphatic heterocycles. The van der Waals surface area contributed by atoms with Gasteiger partial charge >= 0.3 is 0 Å². The fraction of sp³-hybridized carbons (Fsp3) is 0.158. The molecule has 2 aromatic carbocycles. The molecule has 5 nitrogen and oxygen atoms in total. The van der Waals surface area contributed by atoms with Crippen LogP contribution in [0, 0.1) is 5.82 Å². The molecule has 3 rings (SSSR count). The van der Waals surface area contributed by atoms with Crippen molar-refractivity contribution in [1.29, 1.82) is 0 Å². The Hall–Kier alpha value is -2.93. The van der Waals surface area contributed by atoms with Gasteiger partial charge in [0, 0.05) is 10.9 Å². The zero-order chi connectivity index (χ0) is 18.2. The van der Waals surface area contributed by atoms with Gasteiger partial charge in [0.25, 0.3) is 5.91 Å². The standard InChI is InChI=1S/C19H17FN2O3S/c20-17-3-1-2-4-18(17)24-10-9-21-19(23)14-5-7-16(8-6-14)25-11-15-12-26-13-22-15/h1-8,12-13H,9-11H2,(H,21,23). The summed E-state index contributed by atoms with van der Waals surface area (Å²) in [5.74, 6) is 0.182. The van der Waals surface area contributed by atoms with E-state index in [0.29, 0.717) is 17.9 Å². The van der Waals surface area contributed by atoms with Crippen molar-refractivity contribution >= 4 is 17.2 Å². The third-order valence-corrected chi connectivity index (χ3v) is 4.10. The number of thiazole rings is 1. The van der Waals surface area contributed by atoms with Gasteiger partial charge in [-0.3, -0.25) is 4.79 Å². The number of benzene rings is 2. The first kappa shape index (κ1) is 17.9. The van der Waals surface area contributed by atoms with Crippen LogP contribution in [0.5, 0.6) is 11.5 Å². The van der Waals surface area contributed by atoms with Crippen molar-refractivity contribution in [2.24, 2.45) is 0 Å². The molecule has 1 amide bonds. The summed E-state index contributed by atoms with van der Waals surface area (Å²) in [5, 5.41) is 4.65. The molecule has 0 fully saturated rings. The minimum Gasteiger partial charge on any atom is -0.489 e. The molecule has 3 aromatic rings. The SMILES string of the molecule is O=C(NCCOc1ccccc1F)c1ccc(OCc2cscn2)cc1. The van der Waals surface area contributed by atoms with E-state index in [4.69, 9.17) is 9.47 Å². The molecule has 1 aromatic heterocycles. The van der Waals surface area contributed by atoms with Gasteiger partial charge in [-0.1, -0.05) is 12.1 Å². The van der Waals surface area contributed by atoms with E-state index < -0.39 is 5.82 Å². The monoisotopic (exact) mass is 372 g/mol. The van der Waals surface area contributed by atoms with Crippen LogP contribution in [0.2, 0.25) is 0 Å².